The summed E-state index contributed by atoms with van der Waals surface area (Å²) >= 11 is 0. The zero-order valence-corrected chi connectivity index (χ0v) is 36.5. The molecule has 59 heavy (non-hydrogen) atoms. The maximum absolute atomic E-state index is 14.1. The Morgan fingerprint density at radius 1 is 0.695 bits per heavy atom. The molecule has 1 aliphatic rings. The maximum Gasteiger partial charge on any atom is 0.407 e. The van der Waals surface area contributed by atoms with E-state index in [-0.39, 0.29) is 26.1 Å². The Balaban J connectivity index is 1.74. The second-order valence-corrected chi connectivity index (χ2v) is 16.6. The first-order valence-corrected chi connectivity index (χ1v) is 19.8. The molecule has 0 aromatic heterocycles. The fourth-order valence-electron chi connectivity index (χ4n) is 7.51. The molecule has 1 aliphatic heterocycles. The highest BCUT2D eigenvalue weighted by Crippen LogP contribution is 2.50. The Hall–Kier alpha value is -5.62. The molecule has 12 nitrogen and oxygen atoms in total. The first-order chi connectivity index (χ1) is 28.0. The molecular weight excluding hydrogens is 753 g/mol. The zero-order valence-electron chi connectivity index (χ0n) is 36.5. The third kappa shape index (κ3) is 10.9. The van der Waals surface area contributed by atoms with Crippen molar-refractivity contribution in [3.63, 3.8) is 0 Å². The van der Waals surface area contributed by atoms with Crippen LogP contribution in [0.3, 0.4) is 0 Å². The van der Waals surface area contributed by atoms with Gasteiger partial charge in [0.15, 0.2) is 23.0 Å². The Bertz CT molecular complexity index is 2070. The lowest BCUT2D eigenvalue weighted by Crippen LogP contribution is -2.55. The Morgan fingerprint density at radius 2 is 1.22 bits per heavy atom. The molecule has 0 saturated heterocycles. The molecule has 1 amide bonds. The molecule has 5 rings (SSSR count). The highest BCUT2D eigenvalue weighted by atomic mass is 16.6. The molecule has 0 saturated carbocycles. The third-order valence-corrected chi connectivity index (χ3v) is 9.85. The number of alkyl carbamates (subject to hydrolysis) is 1. The fourth-order valence-corrected chi connectivity index (χ4v) is 7.51. The van der Waals surface area contributed by atoms with Gasteiger partial charge in [-0.05, 0) is 79.0 Å². The number of carbonyl (C=O) groups is 2. The van der Waals surface area contributed by atoms with E-state index < -0.39 is 41.4 Å². The number of fused-ring (bicyclic) bond motifs is 1. The highest BCUT2D eigenvalue weighted by molar-refractivity contribution is 5.79. The van der Waals surface area contributed by atoms with E-state index in [1.165, 1.54) is 0 Å². The fraction of sp³-hybridized carbons (Fsp3) is 0.447. The van der Waals surface area contributed by atoms with Crippen molar-refractivity contribution >= 4 is 12.1 Å². The molecule has 3 atom stereocenters. The minimum absolute atomic E-state index is 0.170. The number of ether oxygens (including phenoxy) is 8. The standard InChI is InChI=1S/C47H60N2O10/c1-28-39(52-9)32(24-36(41(28)54-11)56-26-30-19-15-13-16-20-30)23-34(49-45(51)59-47(6,7)8)38-37-33(25-35(48-38)44(50)58-46(3,4)5)40(53-10)29(2)42(55-12)43(37)57-27-31-21-17-14-18-22-31/h13-22,24,34-35,38,48H,23,25-27H2,1-12H3,(H,49,51)/t34-,35?,38-/m0/s1. The summed E-state index contributed by atoms with van der Waals surface area (Å²) in [4.78, 5) is 28.0. The predicted molar refractivity (Wildman–Crippen MR) is 226 cm³/mol. The van der Waals surface area contributed by atoms with E-state index in [1.807, 2.05) is 101 Å². The van der Waals surface area contributed by atoms with Crippen LogP contribution in [0, 0.1) is 13.8 Å². The van der Waals surface area contributed by atoms with Gasteiger partial charge in [0.05, 0.1) is 40.5 Å². The molecule has 0 spiro atoms. The molecule has 4 aromatic rings. The summed E-state index contributed by atoms with van der Waals surface area (Å²) in [6, 6.07) is 19.0. The number of hydrogen-bond donors (Lipinski definition) is 2. The maximum atomic E-state index is 14.1. The van der Waals surface area contributed by atoms with Gasteiger partial charge in [-0.15, -0.1) is 0 Å². The van der Waals surface area contributed by atoms with E-state index in [2.05, 4.69) is 10.6 Å². The summed E-state index contributed by atoms with van der Waals surface area (Å²) in [5.74, 6) is 2.55. The molecule has 0 radical (unpaired) electrons. The summed E-state index contributed by atoms with van der Waals surface area (Å²) in [6.45, 7) is 15.2. The van der Waals surface area contributed by atoms with E-state index >= 15 is 0 Å². The molecule has 0 bridgehead atoms. The van der Waals surface area contributed by atoms with Crippen LogP contribution in [0.4, 0.5) is 4.79 Å². The van der Waals surface area contributed by atoms with Crippen molar-refractivity contribution in [2.45, 2.75) is 111 Å². The van der Waals surface area contributed by atoms with Crippen molar-refractivity contribution in [2.75, 3.05) is 28.4 Å². The lowest BCUT2D eigenvalue weighted by Gasteiger charge is -2.40. The number of benzene rings is 4. The molecule has 12 heteroatoms. The Kier molecular flexibility index (Phi) is 14.3. The third-order valence-electron chi connectivity index (χ3n) is 9.85. The van der Waals surface area contributed by atoms with Gasteiger partial charge in [0.25, 0.3) is 0 Å². The van der Waals surface area contributed by atoms with Crippen LogP contribution in [-0.4, -0.2) is 63.8 Å². The number of hydrogen-bond acceptors (Lipinski definition) is 11. The van der Waals surface area contributed by atoms with Crippen LogP contribution in [0.1, 0.15) is 86.5 Å². The Morgan fingerprint density at radius 3 is 1.75 bits per heavy atom. The van der Waals surface area contributed by atoms with E-state index in [4.69, 9.17) is 37.9 Å². The molecule has 2 N–H and O–H groups in total. The summed E-state index contributed by atoms with van der Waals surface area (Å²) in [5.41, 5.74) is 3.82. The van der Waals surface area contributed by atoms with Crippen molar-refractivity contribution in [1.82, 2.24) is 10.6 Å². The van der Waals surface area contributed by atoms with Crippen LogP contribution in [-0.2, 0) is 40.3 Å². The van der Waals surface area contributed by atoms with Crippen molar-refractivity contribution < 1.29 is 47.5 Å². The number of methoxy groups -OCH3 is 4. The van der Waals surface area contributed by atoms with Crippen molar-refractivity contribution in [1.29, 1.82) is 0 Å². The lowest BCUT2D eigenvalue weighted by atomic mass is 9.81. The van der Waals surface area contributed by atoms with Gasteiger partial charge in [0.2, 0.25) is 0 Å². The minimum Gasteiger partial charge on any atom is -0.496 e. The normalized spacial score (nSPS) is 15.6. The van der Waals surface area contributed by atoms with Crippen LogP contribution in [0.5, 0.6) is 34.5 Å². The van der Waals surface area contributed by atoms with Gasteiger partial charge in [-0.3, -0.25) is 10.1 Å². The number of amides is 1. The number of rotatable bonds is 15. The van der Waals surface area contributed by atoms with Gasteiger partial charge < -0.3 is 43.2 Å². The largest absolute Gasteiger partial charge is 0.496 e. The van der Waals surface area contributed by atoms with Crippen molar-refractivity contribution in [2.24, 2.45) is 0 Å². The van der Waals surface area contributed by atoms with Crippen molar-refractivity contribution in [3.8, 4) is 34.5 Å². The first-order valence-electron chi connectivity index (χ1n) is 19.8. The number of nitrogens with one attached hydrogen (secondary N) is 2. The van der Waals surface area contributed by atoms with Gasteiger partial charge >= 0.3 is 12.1 Å². The summed E-state index contributed by atoms with van der Waals surface area (Å²) in [7, 11) is 6.34. The molecule has 1 heterocycles. The molecular formula is C47H60N2O10. The zero-order chi connectivity index (χ0) is 43.1. The molecule has 318 valence electrons. The van der Waals surface area contributed by atoms with Gasteiger partial charge in [0.1, 0.15) is 42.0 Å². The Labute approximate surface area is 348 Å². The number of carbonyl (C=O) groups excluding carboxylic acids is 2. The second kappa shape index (κ2) is 19.0. The van der Waals surface area contributed by atoms with E-state index in [0.717, 1.165) is 11.1 Å². The molecule has 1 unspecified atom stereocenters. The van der Waals surface area contributed by atoms with Gasteiger partial charge in [0, 0.05) is 34.2 Å². The van der Waals surface area contributed by atoms with E-state index in [0.29, 0.717) is 62.3 Å². The average Bonchev–Trinajstić information content (AvgIpc) is 3.18. The van der Waals surface area contributed by atoms with Crippen molar-refractivity contribution in [3.05, 3.63) is 106 Å². The van der Waals surface area contributed by atoms with E-state index in [1.54, 1.807) is 49.2 Å². The predicted octanol–water partition coefficient (Wildman–Crippen LogP) is 8.53. The SMILES string of the molecule is COc1c(C[C@H](NC(=O)OC(C)(C)C)[C@@H]2NC(C(=O)OC(C)(C)C)Cc3c(OC)c(C)c(OC)c(OCc4ccccc4)c32)cc(OCc2ccccc2)c(OC)c1C. The smallest absolute Gasteiger partial charge is 0.407 e. The molecule has 4 aromatic carbocycles. The number of esters is 1. The van der Waals surface area contributed by atoms with Crippen LogP contribution in [0.25, 0.3) is 0 Å². The van der Waals surface area contributed by atoms with Gasteiger partial charge in [-0.25, -0.2) is 4.79 Å². The second-order valence-electron chi connectivity index (χ2n) is 16.6. The van der Waals surface area contributed by atoms with Crippen LogP contribution >= 0.6 is 0 Å². The first kappa shape index (κ1) is 44.5. The van der Waals surface area contributed by atoms with Gasteiger partial charge in [-0.2, -0.15) is 0 Å². The molecule has 0 aliphatic carbocycles. The average molecular weight is 813 g/mol. The molecule has 0 fully saturated rings. The summed E-state index contributed by atoms with van der Waals surface area (Å²) < 4.78 is 49.1. The van der Waals surface area contributed by atoms with Crippen LogP contribution in [0.2, 0.25) is 0 Å². The summed E-state index contributed by atoms with van der Waals surface area (Å²) in [5, 5.41) is 6.75. The summed E-state index contributed by atoms with van der Waals surface area (Å²) in [6.07, 6.45) is -0.283. The van der Waals surface area contributed by atoms with Crippen LogP contribution in [0.15, 0.2) is 66.7 Å². The van der Waals surface area contributed by atoms with E-state index in [9.17, 15) is 9.59 Å². The minimum atomic E-state index is -0.845. The highest BCUT2D eigenvalue weighted by Gasteiger charge is 2.43. The van der Waals surface area contributed by atoms with Crippen LogP contribution < -0.4 is 39.1 Å². The quantitative estimate of drug-likeness (QED) is 0.112. The topological polar surface area (TPSA) is 132 Å². The monoisotopic (exact) mass is 812 g/mol. The van der Waals surface area contributed by atoms with Gasteiger partial charge in [-0.1, -0.05) is 60.7 Å². The lowest BCUT2D eigenvalue weighted by molar-refractivity contribution is -0.158.